The van der Waals surface area contributed by atoms with Crippen LogP contribution in [0.1, 0.15) is 32.3 Å². The van der Waals surface area contributed by atoms with E-state index < -0.39 is 5.60 Å². The van der Waals surface area contributed by atoms with Gasteiger partial charge in [0.15, 0.2) is 0 Å². The summed E-state index contributed by atoms with van der Waals surface area (Å²) in [6.07, 6.45) is 1.59. The van der Waals surface area contributed by atoms with E-state index in [1.54, 1.807) is 0 Å². The monoisotopic (exact) mass is 249 g/mol. The molecule has 0 spiro atoms. The SMILES string of the molecule is CC[C@](CCN(C)C)(OC(C)=O)c1ccccc1. The maximum atomic E-state index is 11.4. The Morgan fingerprint density at radius 2 is 1.89 bits per heavy atom. The molecular weight excluding hydrogens is 226 g/mol. The minimum Gasteiger partial charge on any atom is -0.454 e. The lowest BCUT2D eigenvalue weighted by Crippen LogP contribution is -2.34. The lowest BCUT2D eigenvalue weighted by atomic mass is 9.87. The van der Waals surface area contributed by atoms with Gasteiger partial charge in [-0.25, -0.2) is 0 Å². The average molecular weight is 249 g/mol. The molecule has 0 unspecified atom stereocenters. The molecule has 1 rings (SSSR count). The van der Waals surface area contributed by atoms with Gasteiger partial charge in [0.25, 0.3) is 0 Å². The van der Waals surface area contributed by atoms with E-state index in [1.165, 1.54) is 6.92 Å². The van der Waals surface area contributed by atoms with E-state index in [9.17, 15) is 4.79 Å². The molecule has 1 aromatic rings. The number of carbonyl (C=O) groups excluding carboxylic acids is 1. The van der Waals surface area contributed by atoms with Crippen LogP contribution in [0, 0.1) is 0 Å². The fourth-order valence-corrected chi connectivity index (χ4v) is 2.13. The quantitative estimate of drug-likeness (QED) is 0.726. The number of carbonyl (C=O) groups is 1. The lowest BCUT2D eigenvalue weighted by molar-refractivity contribution is -0.160. The van der Waals surface area contributed by atoms with Gasteiger partial charge >= 0.3 is 5.97 Å². The number of benzene rings is 1. The summed E-state index contributed by atoms with van der Waals surface area (Å²) in [5, 5.41) is 0. The van der Waals surface area contributed by atoms with E-state index in [-0.39, 0.29) is 5.97 Å². The van der Waals surface area contributed by atoms with Gasteiger partial charge in [-0.3, -0.25) is 4.79 Å². The Hall–Kier alpha value is -1.35. The summed E-state index contributed by atoms with van der Waals surface area (Å²) in [6.45, 7) is 4.42. The van der Waals surface area contributed by atoms with Crippen molar-refractivity contribution in [2.24, 2.45) is 0 Å². The molecule has 0 heterocycles. The van der Waals surface area contributed by atoms with Crippen molar-refractivity contribution in [2.45, 2.75) is 32.3 Å². The van der Waals surface area contributed by atoms with Crippen molar-refractivity contribution < 1.29 is 9.53 Å². The zero-order chi connectivity index (χ0) is 13.6. The van der Waals surface area contributed by atoms with E-state index in [2.05, 4.69) is 11.8 Å². The minimum atomic E-state index is -0.503. The van der Waals surface area contributed by atoms with Crippen molar-refractivity contribution >= 4 is 5.97 Å². The molecule has 3 heteroatoms. The molecule has 18 heavy (non-hydrogen) atoms. The second-order valence-corrected chi connectivity index (χ2v) is 4.86. The number of esters is 1. The van der Waals surface area contributed by atoms with E-state index in [0.29, 0.717) is 0 Å². The van der Waals surface area contributed by atoms with Crippen LogP contribution in [0.4, 0.5) is 0 Å². The van der Waals surface area contributed by atoms with Crippen molar-refractivity contribution in [1.29, 1.82) is 0 Å². The smallest absolute Gasteiger partial charge is 0.303 e. The molecular formula is C15H23NO2. The zero-order valence-corrected chi connectivity index (χ0v) is 11.8. The second-order valence-electron chi connectivity index (χ2n) is 4.86. The summed E-state index contributed by atoms with van der Waals surface area (Å²) < 4.78 is 5.66. The van der Waals surface area contributed by atoms with E-state index in [4.69, 9.17) is 4.74 Å². The van der Waals surface area contributed by atoms with Gasteiger partial charge in [0.05, 0.1) is 0 Å². The van der Waals surface area contributed by atoms with Gasteiger partial charge in [-0.2, -0.15) is 0 Å². The van der Waals surface area contributed by atoms with E-state index >= 15 is 0 Å². The molecule has 1 aromatic carbocycles. The van der Waals surface area contributed by atoms with Crippen LogP contribution in [0.2, 0.25) is 0 Å². The summed E-state index contributed by atoms with van der Waals surface area (Å²) in [4.78, 5) is 13.5. The molecule has 1 atom stereocenters. The fourth-order valence-electron chi connectivity index (χ4n) is 2.13. The molecule has 0 saturated carbocycles. The molecule has 0 radical (unpaired) electrons. The van der Waals surface area contributed by atoms with Crippen LogP contribution in [-0.2, 0) is 15.1 Å². The molecule has 0 aromatic heterocycles. The number of rotatable bonds is 6. The predicted molar refractivity (Wildman–Crippen MR) is 73.3 cm³/mol. The van der Waals surface area contributed by atoms with Crippen LogP contribution >= 0.6 is 0 Å². The van der Waals surface area contributed by atoms with E-state index in [0.717, 1.165) is 24.9 Å². The first kappa shape index (κ1) is 14.7. The Kier molecular flexibility index (Phi) is 5.35. The second kappa shape index (κ2) is 6.55. The van der Waals surface area contributed by atoms with Crippen LogP contribution in [0.3, 0.4) is 0 Å². The largest absolute Gasteiger partial charge is 0.454 e. The van der Waals surface area contributed by atoms with Crippen LogP contribution in [0.5, 0.6) is 0 Å². The van der Waals surface area contributed by atoms with Gasteiger partial charge in [-0.15, -0.1) is 0 Å². The van der Waals surface area contributed by atoms with Crippen molar-refractivity contribution in [3.05, 3.63) is 35.9 Å². The molecule has 0 N–H and O–H groups in total. The first-order valence-corrected chi connectivity index (χ1v) is 6.40. The normalized spacial score (nSPS) is 14.3. The molecule has 100 valence electrons. The standard InChI is InChI=1S/C15H23NO2/c1-5-15(18-13(2)17,11-12-16(3)4)14-9-7-6-8-10-14/h6-10H,5,11-12H2,1-4H3/t15-/m1/s1. The first-order chi connectivity index (χ1) is 8.50. The van der Waals surface area contributed by atoms with Gasteiger partial charge in [0.2, 0.25) is 0 Å². The molecule has 0 fully saturated rings. The predicted octanol–water partition coefficient (Wildman–Crippen LogP) is 2.81. The number of hydrogen-bond donors (Lipinski definition) is 0. The van der Waals surface area contributed by atoms with Gasteiger partial charge in [-0.1, -0.05) is 37.3 Å². The summed E-state index contributed by atoms with van der Waals surface area (Å²) >= 11 is 0. The van der Waals surface area contributed by atoms with Gasteiger partial charge in [0.1, 0.15) is 5.60 Å². The maximum absolute atomic E-state index is 11.4. The Morgan fingerprint density at radius 1 is 1.28 bits per heavy atom. The molecule has 0 bridgehead atoms. The first-order valence-electron chi connectivity index (χ1n) is 6.40. The Labute approximate surface area is 110 Å². The third kappa shape index (κ3) is 3.84. The van der Waals surface area contributed by atoms with Crippen molar-refractivity contribution in [1.82, 2.24) is 4.90 Å². The Bertz CT molecular complexity index is 375. The highest BCUT2D eigenvalue weighted by Crippen LogP contribution is 2.33. The summed E-state index contributed by atoms with van der Waals surface area (Å²) in [5.74, 6) is -0.223. The minimum absolute atomic E-state index is 0.223. The van der Waals surface area contributed by atoms with Crippen molar-refractivity contribution in [3.63, 3.8) is 0 Å². The number of hydrogen-bond acceptors (Lipinski definition) is 3. The highest BCUT2D eigenvalue weighted by atomic mass is 16.6. The van der Waals surface area contributed by atoms with Crippen LogP contribution in [-0.4, -0.2) is 31.5 Å². The zero-order valence-electron chi connectivity index (χ0n) is 11.8. The van der Waals surface area contributed by atoms with Crippen LogP contribution < -0.4 is 0 Å². The third-order valence-corrected chi connectivity index (χ3v) is 3.17. The molecule has 0 amide bonds. The maximum Gasteiger partial charge on any atom is 0.303 e. The highest BCUT2D eigenvalue weighted by Gasteiger charge is 2.33. The average Bonchev–Trinajstić information content (AvgIpc) is 2.35. The van der Waals surface area contributed by atoms with Gasteiger partial charge < -0.3 is 9.64 Å². The summed E-state index contributed by atoms with van der Waals surface area (Å²) in [6, 6.07) is 10.0. The van der Waals surface area contributed by atoms with Crippen molar-refractivity contribution in [3.8, 4) is 0 Å². The van der Waals surface area contributed by atoms with Crippen LogP contribution in [0.25, 0.3) is 0 Å². The van der Waals surface area contributed by atoms with Gasteiger partial charge in [0, 0.05) is 19.9 Å². The lowest BCUT2D eigenvalue weighted by Gasteiger charge is -2.33. The summed E-state index contributed by atoms with van der Waals surface area (Å²) in [5.41, 5.74) is 0.571. The topological polar surface area (TPSA) is 29.5 Å². The summed E-state index contributed by atoms with van der Waals surface area (Å²) in [7, 11) is 4.05. The van der Waals surface area contributed by atoms with E-state index in [1.807, 2.05) is 44.4 Å². The Morgan fingerprint density at radius 3 is 2.33 bits per heavy atom. The van der Waals surface area contributed by atoms with Crippen molar-refractivity contribution in [2.75, 3.05) is 20.6 Å². The third-order valence-electron chi connectivity index (χ3n) is 3.17. The van der Waals surface area contributed by atoms with Crippen LogP contribution in [0.15, 0.2) is 30.3 Å². The van der Waals surface area contributed by atoms with Gasteiger partial charge in [-0.05, 0) is 26.1 Å². The Balaban J connectivity index is 3.01. The number of ether oxygens (including phenoxy) is 1. The molecule has 0 saturated heterocycles. The fraction of sp³-hybridized carbons (Fsp3) is 0.533. The number of nitrogens with zero attached hydrogens (tertiary/aromatic N) is 1. The molecule has 0 aliphatic rings. The molecule has 0 aliphatic carbocycles. The molecule has 3 nitrogen and oxygen atoms in total. The molecule has 0 aliphatic heterocycles. The highest BCUT2D eigenvalue weighted by molar-refractivity contribution is 5.66.